The molecule has 4 rings (SSSR count). The first-order valence-corrected chi connectivity index (χ1v) is 7.17. The highest BCUT2D eigenvalue weighted by atomic mass is 16.3. The lowest BCUT2D eigenvalue weighted by atomic mass is 10.1. The van der Waals surface area contributed by atoms with E-state index in [9.17, 15) is 4.79 Å². The minimum absolute atomic E-state index is 0.232. The number of rotatable bonds is 3. The second kappa shape index (κ2) is 5.46. The van der Waals surface area contributed by atoms with Crippen LogP contribution in [0.15, 0.2) is 77.9 Å². The molecule has 4 aromatic rings. The Morgan fingerprint density at radius 1 is 1.00 bits per heavy atom. The fraction of sp³-hybridized carbons (Fsp3) is 0. The lowest BCUT2D eigenvalue weighted by Crippen LogP contribution is -2.11. The molecule has 0 aliphatic heterocycles. The third-order valence-corrected chi connectivity index (χ3v) is 3.57. The number of nitrogens with zero attached hydrogens (tertiary/aromatic N) is 2. The standard InChI is InChI=1S/C18H13N3O2/c22-18(19-15-4-2-1-3-5-15)16-11-21-10-13(6-7-17(21)20-16)14-8-9-23-12-14/h1-12H,(H,19,22). The van der Waals surface area contributed by atoms with Gasteiger partial charge >= 0.3 is 0 Å². The van der Waals surface area contributed by atoms with Gasteiger partial charge in [0.05, 0.1) is 12.5 Å². The SMILES string of the molecule is O=C(Nc1ccccc1)c1cn2cc(-c3ccoc3)ccc2n1. The molecule has 5 nitrogen and oxygen atoms in total. The zero-order valence-corrected chi connectivity index (χ0v) is 12.1. The molecular weight excluding hydrogens is 290 g/mol. The topological polar surface area (TPSA) is 59.5 Å². The highest BCUT2D eigenvalue weighted by molar-refractivity contribution is 6.03. The van der Waals surface area contributed by atoms with Crippen LogP contribution in [-0.4, -0.2) is 15.3 Å². The molecule has 1 amide bonds. The summed E-state index contributed by atoms with van der Waals surface area (Å²) in [4.78, 5) is 16.7. The van der Waals surface area contributed by atoms with Crippen LogP contribution >= 0.6 is 0 Å². The Kier molecular flexibility index (Phi) is 3.16. The summed E-state index contributed by atoms with van der Waals surface area (Å²) in [5.74, 6) is -0.232. The molecule has 0 radical (unpaired) electrons. The van der Waals surface area contributed by atoms with Crippen molar-refractivity contribution in [2.75, 3.05) is 5.32 Å². The van der Waals surface area contributed by atoms with Crippen molar-refractivity contribution in [3.05, 3.63) is 79.1 Å². The van der Waals surface area contributed by atoms with Crippen LogP contribution in [0.2, 0.25) is 0 Å². The number of carbonyl (C=O) groups is 1. The van der Waals surface area contributed by atoms with Crippen LogP contribution in [0.3, 0.4) is 0 Å². The molecule has 0 aliphatic rings. The van der Waals surface area contributed by atoms with Gasteiger partial charge in [-0.05, 0) is 30.3 Å². The van der Waals surface area contributed by atoms with Crippen LogP contribution in [0, 0.1) is 0 Å². The minimum atomic E-state index is -0.232. The normalized spacial score (nSPS) is 10.8. The van der Waals surface area contributed by atoms with Gasteiger partial charge < -0.3 is 14.1 Å². The Labute approximate surface area is 132 Å². The van der Waals surface area contributed by atoms with Gasteiger partial charge in [0.15, 0.2) is 0 Å². The molecule has 3 aromatic heterocycles. The molecule has 0 atom stereocenters. The molecule has 112 valence electrons. The zero-order valence-electron chi connectivity index (χ0n) is 12.1. The van der Waals surface area contributed by atoms with Crippen LogP contribution in [0.25, 0.3) is 16.8 Å². The third-order valence-electron chi connectivity index (χ3n) is 3.57. The van der Waals surface area contributed by atoms with Crippen LogP contribution in [0.5, 0.6) is 0 Å². The summed E-state index contributed by atoms with van der Waals surface area (Å²) >= 11 is 0. The smallest absolute Gasteiger partial charge is 0.275 e. The van der Waals surface area contributed by atoms with Gasteiger partial charge in [-0.2, -0.15) is 0 Å². The van der Waals surface area contributed by atoms with Gasteiger partial charge in [0.2, 0.25) is 0 Å². The summed E-state index contributed by atoms with van der Waals surface area (Å²) in [5, 5.41) is 2.83. The van der Waals surface area contributed by atoms with Gasteiger partial charge in [-0.1, -0.05) is 18.2 Å². The largest absolute Gasteiger partial charge is 0.472 e. The van der Waals surface area contributed by atoms with Crippen molar-refractivity contribution in [3.63, 3.8) is 0 Å². The summed E-state index contributed by atoms with van der Waals surface area (Å²) in [6, 6.07) is 15.0. The molecule has 1 N–H and O–H groups in total. The van der Waals surface area contributed by atoms with E-state index >= 15 is 0 Å². The first kappa shape index (κ1) is 13.3. The third kappa shape index (κ3) is 2.60. The molecule has 0 aliphatic carbocycles. The molecule has 0 fully saturated rings. The number of para-hydroxylation sites is 1. The number of pyridine rings is 1. The van der Waals surface area contributed by atoms with E-state index in [-0.39, 0.29) is 5.91 Å². The number of furan rings is 1. The monoisotopic (exact) mass is 303 g/mol. The van der Waals surface area contributed by atoms with Crippen molar-refractivity contribution >= 4 is 17.2 Å². The van der Waals surface area contributed by atoms with Gasteiger partial charge in [0.25, 0.3) is 5.91 Å². The minimum Gasteiger partial charge on any atom is -0.472 e. The molecule has 0 bridgehead atoms. The predicted octanol–water partition coefficient (Wildman–Crippen LogP) is 3.85. The summed E-state index contributed by atoms with van der Waals surface area (Å²) in [6.45, 7) is 0. The van der Waals surface area contributed by atoms with E-state index in [0.717, 1.165) is 22.5 Å². The second-order valence-electron chi connectivity index (χ2n) is 5.14. The van der Waals surface area contributed by atoms with Crippen molar-refractivity contribution in [1.29, 1.82) is 0 Å². The van der Waals surface area contributed by atoms with E-state index in [0.29, 0.717) is 5.69 Å². The van der Waals surface area contributed by atoms with Crippen molar-refractivity contribution in [2.45, 2.75) is 0 Å². The summed E-state index contributed by atoms with van der Waals surface area (Å²) in [5.41, 5.74) is 3.82. The number of amides is 1. The maximum absolute atomic E-state index is 12.3. The van der Waals surface area contributed by atoms with Crippen LogP contribution in [-0.2, 0) is 0 Å². The highest BCUT2D eigenvalue weighted by Crippen LogP contribution is 2.20. The van der Waals surface area contributed by atoms with E-state index in [1.165, 1.54) is 0 Å². The summed E-state index contributed by atoms with van der Waals surface area (Å²) < 4.78 is 6.94. The number of aromatic nitrogens is 2. The molecule has 3 heterocycles. The molecular formula is C18H13N3O2. The summed E-state index contributed by atoms with van der Waals surface area (Å²) in [7, 11) is 0. The number of anilines is 1. The molecule has 0 unspecified atom stereocenters. The highest BCUT2D eigenvalue weighted by Gasteiger charge is 2.11. The van der Waals surface area contributed by atoms with Crippen molar-refractivity contribution < 1.29 is 9.21 Å². The van der Waals surface area contributed by atoms with Gasteiger partial charge in [-0.25, -0.2) is 4.98 Å². The van der Waals surface area contributed by atoms with Crippen molar-refractivity contribution in [1.82, 2.24) is 9.38 Å². The number of imidazole rings is 1. The number of nitrogens with one attached hydrogen (secondary N) is 1. The quantitative estimate of drug-likeness (QED) is 0.625. The second-order valence-corrected chi connectivity index (χ2v) is 5.14. The Morgan fingerprint density at radius 3 is 2.65 bits per heavy atom. The Hall–Kier alpha value is -3.34. The molecule has 1 aromatic carbocycles. The fourth-order valence-corrected chi connectivity index (χ4v) is 2.42. The molecule has 5 heteroatoms. The summed E-state index contributed by atoms with van der Waals surface area (Å²) in [6.07, 6.45) is 6.96. The van der Waals surface area contributed by atoms with E-state index in [1.807, 2.05) is 59.1 Å². The van der Waals surface area contributed by atoms with Crippen LogP contribution in [0.1, 0.15) is 10.5 Å². The van der Waals surface area contributed by atoms with E-state index in [1.54, 1.807) is 18.7 Å². The number of benzene rings is 1. The Balaban J connectivity index is 1.65. The van der Waals surface area contributed by atoms with E-state index < -0.39 is 0 Å². The van der Waals surface area contributed by atoms with Crippen LogP contribution < -0.4 is 5.32 Å². The molecule has 23 heavy (non-hydrogen) atoms. The van der Waals surface area contributed by atoms with Gasteiger partial charge in [0, 0.05) is 29.2 Å². The van der Waals surface area contributed by atoms with Crippen molar-refractivity contribution in [2.24, 2.45) is 0 Å². The number of carbonyl (C=O) groups excluding carboxylic acids is 1. The van der Waals surface area contributed by atoms with Gasteiger partial charge in [-0.15, -0.1) is 0 Å². The molecule has 0 saturated heterocycles. The fourth-order valence-electron chi connectivity index (χ4n) is 2.42. The lowest BCUT2D eigenvalue weighted by Gasteiger charge is -2.01. The average molecular weight is 303 g/mol. The van der Waals surface area contributed by atoms with E-state index in [2.05, 4.69) is 10.3 Å². The van der Waals surface area contributed by atoms with Crippen molar-refractivity contribution in [3.8, 4) is 11.1 Å². The Morgan fingerprint density at radius 2 is 1.87 bits per heavy atom. The first-order chi connectivity index (χ1) is 11.3. The van der Waals surface area contributed by atoms with Gasteiger partial charge in [-0.3, -0.25) is 4.79 Å². The van der Waals surface area contributed by atoms with Gasteiger partial charge in [0.1, 0.15) is 11.3 Å². The maximum atomic E-state index is 12.3. The predicted molar refractivity (Wildman–Crippen MR) is 87.3 cm³/mol. The van der Waals surface area contributed by atoms with E-state index in [4.69, 9.17) is 4.42 Å². The maximum Gasteiger partial charge on any atom is 0.275 e. The Bertz CT molecular complexity index is 957. The number of fused-ring (bicyclic) bond motifs is 1. The molecule has 0 saturated carbocycles. The first-order valence-electron chi connectivity index (χ1n) is 7.17. The zero-order chi connectivity index (χ0) is 15.6. The van der Waals surface area contributed by atoms with Crippen LogP contribution in [0.4, 0.5) is 5.69 Å². The molecule has 0 spiro atoms. The number of hydrogen-bond acceptors (Lipinski definition) is 3. The number of hydrogen-bond donors (Lipinski definition) is 1. The average Bonchev–Trinajstić information content (AvgIpc) is 3.24. The lowest BCUT2D eigenvalue weighted by molar-refractivity contribution is 0.102.